The van der Waals surface area contributed by atoms with E-state index in [1.54, 1.807) is 35.2 Å². The third-order valence-corrected chi connectivity index (χ3v) is 4.63. The minimum absolute atomic E-state index is 0.00122. The molecule has 0 aliphatic carbocycles. The van der Waals surface area contributed by atoms with E-state index in [-0.39, 0.29) is 18.4 Å². The van der Waals surface area contributed by atoms with E-state index in [1.165, 1.54) is 11.3 Å². The first-order chi connectivity index (χ1) is 12.7. The molecule has 2 aromatic rings. The summed E-state index contributed by atoms with van der Waals surface area (Å²) in [6, 6.07) is 1.73. The maximum Gasteiger partial charge on any atom is 0.409 e. The van der Waals surface area contributed by atoms with Gasteiger partial charge in [0, 0.05) is 44.0 Å². The summed E-state index contributed by atoms with van der Waals surface area (Å²) in [7, 11) is 0. The molecule has 2 aromatic heterocycles. The second-order valence-corrected chi connectivity index (χ2v) is 6.44. The topological polar surface area (TPSA) is 101 Å². The highest BCUT2D eigenvalue weighted by Crippen LogP contribution is 2.19. The number of hydrogen-bond donors (Lipinski definition) is 1. The summed E-state index contributed by atoms with van der Waals surface area (Å²) in [5.41, 5.74) is 0.700. The Morgan fingerprint density at radius 2 is 1.88 bits per heavy atom. The molecular formula is C16H20N6O3S. The van der Waals surface area contributed by atoms with Crippen LogP contribution in [0.3, 0.4) is 0 Å². The number of rotatable bonds is 5. The molecule has 2 amide bonds. The summed E-state index contributed by atoms with van der Waals surface area (Å²) in [4.78, 5) is 40.1. The quantitative estimate of drug-likeness (QED) is 0.844. The number of amides is 2. The normalized spacial score (nSPS) is 14.2. The number of thiazole rings is 1. The van der Waals surface area contributed by atoms with Gasteiger partial charge in [-0.1, -0.05) is 0 Å². The molecule has 26 heavy (non-hydrogen) atoms. The Bertz CT molecular complexity index is 745. The lowest BCUT2D eigenvalue weighted by Gasteiger charge is -2.34. The van der Waals surface area contributed by atoms with Crippen LogP contribution in [-0.2, 0) is 16.0 Å². The van der Waals surface area contributed by atoms with Crippen molar-refractivity contribution in [3.05, 3.63) is 29.5 Å². The molecule has 138 valence electrons. The van der Waals surface area contributed by atoms with Crippen molar-refractivity contribution in [1.29, 1.82) is 0 Å². The third-order valence-electron chi connectivity index (χ3n) is 3.83. The molecule has 0 bridgehead atoms. The molecule has 1 aliphatic rings. The number of aromatic nitrogens is 3. The lowest BCUT2D eigenvalue weighted by molar-refractivity contribution is -0.132. The van der Waals surface area contributed by atoms with Gasteiger partial charge in [0.1, 0.15) is 0 Å². The largest absolute Gasteiger partial charge is 0.450 e. The molecule has 1 fully saturated rings. The molecule has 0 spiro atoms. The predicted molar refractivity (Wildman–Crippen MR) is 96.3 cm³/mol. The first kappa shape index (κ1) is 18.1. The number of carbonyl (C=O) groups excluding carboxylic acids is 2. The lowest BCUT2D eigenvalue weighted by atomic mass is 10.2. The van der Waals surface area contributed by atoms with Crippen molar-refractivity contribution in [3.8, 4) is 0 Å². The van der Waals surface area contributed by atoms with Crippen LogP contribution in [0.25, 0.3) is 0 Å². The van der Waals surface area contributed by atoms with E-state index in [0.717, 1.165) is 0 Å². The van der Waals surface area contributed by atoms with Gasteiger partial charge in [-0.15, -0.1) is 11.3 Å². The van der Waals surface area contributed by atoms with Crippen LogP contribution in [0.5, 0.6) is 0 Å². The van der Waals surface area contributed by atoms with Gasteiger partial charge < -0.3 is 19.9 Å². The van der Waals surface area contributed by atoms with Crippen molar-refractivity contribution in [2.24, 2.45) is 0 Å². The third kappa shape index (κ3) is 4.66. The summed E-state index contributed by atoms with van der Waals surface area (Å²) >= 11 is 1.40. The molecule has 0 unspecified atom stereocenters. The molecule has 1 saturated heterocycles. The van der Waals surface area contributed by atoms with Crippen LogP contribution in [0.15, 0.2) is 23.8 Å². The highest BCUT2D eigenvalue weighted by atomic mass is 32.1. The predicted octanol–water partition coefficient (Wildman–Crippen LogP) is 1.52. The number of piperazine rings is 1. The van der Waals surface area contributed by atoms with Gasteiger partial charge in [-0.05, 0) is 13.0 Å². The second-order valence-electron chi connectivity index (χ2n) is 5.58. The van der Waals surface area contributed by atoms with Gasteiger partial charge in [0.2, 0.25) is 11.9 Å². The minimum atomic E-state index is -0.321. The van der Waals surface area contributed by atoms with Gasteiger partial charge in [-0.25, -0.2) is 19.7 Å². The molecule has 0 radical (unpaired) electrons. The number of ether oxygens (including phenoxy) is 1. The molecule has 1 N–H and O–H groups in total. The first-order valence-electron chi connectivity index (χ1n) is 8.33. The summed E-state index contributed by atoms with van der Waals surface area (Å²) in [5.74, 6) is 0.469. The minimum Gasteiger partial charge on any atom is -0.450 e. The summed E-state index contributed by atoms with van der Waals surface area (Å²) in [5, 5.41) is 5.50. The van der Waals surface area contributed by atoms with Crippen LogP contribution in [0, 0.1) is 0 Å². The van der Waals surface area contributed by atoms with Gasteiger partial charge in [0.15, 0.2) is 5.13 Å². The zero-order valence-corrected chi connectivity index (χ0v) is 15.2. The Hall–Kier alpha value is -2.75. The fourth-order valence-corrected chi connectivity index (χ4v) is 3.23. The summed E-state index contributed by atoms with van der Waals surface area (Å²) in [6.45, 7) is 4.11. The van der Waals surface area contributed by atoms with Gasteiger partial charge >= 0.3 is 6.09 Å². The van der Waals surface area contributed by atoms with E-state index in [4.69, 9.17) is 4.74 Å². The Kier molecular flexibility index (Phi) is 5.95. The van der Waals surface area contributed by atoms with E-state index in [9.17, 15) is 9.59 Å². The van der Waals surface area contributed by atoms with E-state index in [2.05, 4.69) is 20.3 Å². The van der Waals surface area contributed by atoms with Crippen LogP contribution < -0.4 is 5.32 Å². The lowest BCUT2D eigenvalue weighted by Crippen LogP contribution is -2.51. The molecule has 0 aromatic carbocycles. The van der Waals surface area contributed by atoms with E-state index in [0.29, 0.717) is 49.6 Å². The highest BCUT2D eigenvalue weighted by Gasteiger charge is 2.25. The van der Waals surface area contributed by atoms with Gasteiger partial charge in [0.25, 0.3) is 0 Å². The van der Waals surface area contributed by atoms with Crippen molar-refractivity contribution in [2.45, 2.75) is 13.3 Å². The van der Waals surface area contributed by atoms with Crippen LogP contribution >= 0.6 is 11.3 Å². The molecular weight excluding hydrogens is 356 g/mol. The Balaban J connectivity index is 1.49. The molecule has 10 heteroatoms. The average molecular weight is 376 g/mol. The van der Waals surface area contributed by atoms with Gasteiger partial charge in [-0.3, -0.25) is 4.79 Å². The van der Waals surface area contributed by atoms with Crippen LogP contribution in [-0.4, -0.2) is 69.5 Å². The Morgan fingerprint density at radius 1 is 1.19 bits per heavy atom. The van der Waals surface area contributed by atoms with Crippen molar-refractivity contribution in [2.75, 3.05) is 38.1 Å². The Morgan fingerprint density at radius 3 is 2.58 bits per heavy atom. The van der Waals surface area contributed by atoms with Crippen LogP contribution in [0.4, 0.5) is 15.9 Å². The standard InChI is InChI=1S/C16H20N6O3S/c1-2-25-16(24)22-8-6-21(7-9-22)13(23)10-12-11-26-15(19-12)20-14-17-4-3-5-18-14/h3-5,11H,2,6-10H2,1H3,(H,17,18,19,20). The average Bonchev–Trinajstić information content (AvgIpc) is 3.09. The molecule has 3 rings (SSSR count). The SMILES string of the molecule is CCOC(=O)N1CCN(C(=O)Cc2csc(Nc3ncccn3)n2)CC1. The van der Waals surface area contributed by atoms with Crippen molar-refractivity contribution < 1.29 is 14.3 Å². The van der Waals surface area contributed by atoms with Crippen LogP contribution in [0.1, 0.15) is 12.6 Å². The van der Waals surface area contributed by atoms with E-state index < -0.39 is 0 Å². The fourth-order valence-electron chi connectivity index (χ4n) is 2.52. The van der Waals surface area contributed by atoms with E-state index >= 15 is 0 Å². The zero-order chi connectivity index (χ0) is 18.4. The molecule has 9 nitrogen and oxygen atoms in total. The van der Waals surface area contributed by atoms with E-state index in [1.807, 2.05) is 5.38 Å². The summed E-state index contributed by atoms with van der Waals surface area (Å²) in [6.07, 6.45) is 3.19. The fraction of sp³-hybridized carbons (Fsp3) is 0.438. The maximum absolute atomic E-state index is 12.4. The summed E-state index contributed by atoms with van der Waals surface area (Å²) < 4.78 is 4.98. The number of anilines is 2. The van der Waals surface area contributed by atoms with Gasteiger partial charge in [0.05, 0.1) is 18.7 Å². The number of hydrogen-bond acceptors (Lipinski definition) is 8. The maximum atomic E-state index is 12.4. The zero-order valence-electron chi connectivity index (χ0n) is 14.4. The molecule has 0 saturated carbocycles. The first-order valence-corrected chi connectivity index (χ1v) is 9.21. The highest BCUT2D eigenvalue weighted by molar-refractivity contribution is 7.13. The molecule has 0 atom stereocenters. The van der Waals surface area contributed by atoms with Gasteiger partial charge in [-0.2, -0.15) is 0 Å². The smallest absolute Gasteiger partial charge is 0.409 e. The van der Waals surface area contributed by atoms with Crippen molar-refractivity contribution in [3.63, 3.8) is 0 Å². The molecule has 3 heterocycles. The monoisotopic (exact) mass is 376 g/mol. The molecule has 1 aliphatic heterocycles. The Labute approximate surface area is 155 Å². The van der Waals surface area contributed by atoms with Crippen LogP contribution in [0.2, 0.25) is 0 Å². The number of nitrogens with one attached hydrogen (secondary N) is 1. The van der Waals surface area contributed by atoms with Crippen molar-refractivity contribution >= 4 is 34.4 Å². The number of nitrogens with zero attached hydrogens (tertiary/aromatic N) is 5. The van der Waals surface area contributed by atoms with Crippen molar-refractivity contribution in [1.82, 2.24) is 24.8 Å². The number of carbonyl (C=O) groups is 2. The second kappa shape index (κ2) is 8.56.